The predicted molar refractivity (Wildman–Crippen MR) is 81.7 cm³/mol. The Labute approximate surface area is 117 Å². The summed E-state index contributed by atoms with van der Waals surface area (Å²) in [6, 6.07) is 0.812. The Morgan fingerprint density at radius 2 is 1.78 bits per heavy atom. The van der Waals surface area contributed by atoms with Crippen LogP contribution in [0.4, 0.5) is 0 Å². The molecule has 0 aromatic heterocycles. The highest BCUT2D eigenvalue weighted by Gasteiger charge is 2.36. The van der Waals surface area contributed by atoms with Crippen molar-refractivity contribution < 1.29 is 0 Å². The molecule has 2 aliphatic rings. The van der Waals surface area contributed by atoms with Crippen molar-refractivity contribution >= 4 is 17.2 Å². The molecule has 0 aromatic carbocycles. The predicted octanol–water partition coefficient (Wildman–Crippen LogP) is 3.20. The van der Waals surface area contributed by atoms with E-state index in [0.717, 1.165) is 30.7 Å². The van der Waals surface area contributed by atoms with E-state index in [0.29, 0.717) is 4.99 Å². The molecule has 1 saturated carbocycles. The second-order valence-electron chi connectivity index (χ2n) is 6.88. The quantitative estimate of drug-likeness (QED) is 0.780. The third kappa shape index (κ3) is 2.88. The summed E-state index contributed by atoms with van der Waals surface area (Å²) < 4.78 is 0. The van der Waals surface area contributed by atoms with E-state index in [4.69, 9.17) is 18.0 Å². The maximum atomic E-state index is 5.88. The second kappa shape index (κ2) is 5.46. The summed E-state index contributed by atoms with van der Waals surface area (Å²) in [5.74, 6) is 1.79. The molecule has 2 N–H and O–H groups in total. The first-order valence-electron chi connectivity index (χ1n) is 7.46. The fourth-order valence-corrected chi connectivity index (χ4v) is 3.68. The first-order valence-corrected chi connectivity index (χ1v) is 7.87. The van der Waals surface area contributed by atoms with Gasteiger partial charge >= 0.3 is 0 Å². The molecule has 2 rings (SSSR count). The van der Waals surface area contributed by atoms with Crippen LogP contribution in [0.3, 0.4) is 0 Å². The van der Waals surface area contributed by atoms with Crippen LogP contribution in [0.2, 0.25) is 0 Å². The van der Waals surface area contributed by atoms with Gasteiger partial charge in [-0.1, -0.05) is 33.0 Å². The Morgan fingerprint density at radius 3 is 2.28 bits per heavy atom. The summed E-state index contributed by atoms with van der Waals surface area (Å²) in [6.07, 6.45) is 6.45. The molecule has 0 bridgehead atoms. The molecular weight excluding hydrogens is 240 g/mol. The number of hydrogen-bond donors (Lipinski definition) is 1. The maximum absolute atomic E-state index is 5.88. The summed E-state index contributed by atoms with van der Waals surface area (Å²) in [5.41, 5.74) is 5.99. The highest BCUT2D eigenvalue weighted by atomic mass is 32.1. The van der Waals surface area contributed by atoms with Gasteiger partial charge in [0.15, 0.2) is 0 Å². The Kier molecular flexibility index (Phi) is 4.32. The van der Waals surface area contributed by atoms with Gasteiger partial charge in [0.2, 0.25) is 0 Å². The van der Waals surface area contributed by atoms with E-state index < -0.39 is 0 Å². The van der Waals surface area contributed by atoms with Crippen molar-refractivity contribution in [3.05, 3.63) is 0 Å². The van der Waals surface area contributed by atoms with E-state index in [-0.39, 0.29) is 5.41 Å². The van der Waals surface area contributed by atoms with E-state index >= 15 is 0 Å². The minimum atomic E-state index is 0.111. The van der Waals surface area contributed by atoms with Gasteiger partial charge in [-0.15, -0.1) is 0 Å². The van der Waals surface area contributed by atoms with Crippen LogP contribution in [-0.4, -0.2) is 29.0 Å². The molecular formula is C15H28N2S. The molecule has 0 amide bonds. The average Bonchev–Trinajstić information content (AvgIpc) is 2.34. The third-order valence-electron chi connectivity index (χ3n) is 5.58. The molecule has 3 unspecified atom stereocenters. The Balaban J connectivity index is 1.88. The summed E-state index contributed by atoms with van der Waals surface area (Å²) >= 11 is 5.22. The van der Waals surface area contributed by atoms with E-state index in [9.17, 15) is 0 Å². The number of rotatable bonds is 2. The van der Waals surface area contributed by atoms with Crippen LogP contribution in [0, 0.1) is 17.3 Å². The summed E-state index contributed by atoms with van der Waals surface area (Å²) in [5, 5.41) is 0. The fourth-order valence-electron chi connectivity index (χ4n) is 3.48. The SMILES string of the molecule is CC1CCC(N2CCC(C)(C(N)=S)CC2)CC1C. The van der Waals surface area contributed by atoms with Gasteiger partial charge in [0, 0.05) is 11.5 Å². The molecule has 3 atom stereocenters. The van der Waals surface area contributed by atoms with Crippen molar-refractivity contribution in [3.63, 3.8) is 0 Å². The van der Waals surface area contributed by atoms with Crippen LogP contribution in [0.25, 0.3) is 0 Å². The van der Waals surface area contributed by atoms with Crippen molar-refractivity contribution in [1.82, 2.24) is 4.90 Å². The molecule has 0 radical (unpaired) electrons. The first kappa shape index (κ1) is 14.3. The normalized spacial score (nSPS) is 37.4. The Bertz CT molecular complexity index is 308. The van der Waals surface area contributed by atoms with Crippen LogP contribution in [-0.2, 0) is 0 Å². The van der Waals surface area contributed by atoms with Gasteiger partial charge < -0.3 is 10.6 Å². The van der Waals surface area contributed by atoms with Gasteiger partial charge in [-0.2, -0.15) is 0 Å². The maximum Gasteiger partial charge on any atom is 0.0788 e. The lowest BCUT2D eigenvalue weighted by Gasteiger charge is -2.45. The molecule has 0 aromatic rings. The summed E-state index contributed by atoms with van der Waals surface area (Å²) in [7, 11) is 0. The van der Waals surface area contributed by atoms with Crippen LogP contribution < -0.4 is 5.73 Å². The van der Waals surface area contributed by atoms with Crippen molar-refractivity contribution in [2.45, 2.75) is 58.9 Å². The highest BCUT2D eigenvalue weighted by molar-refractivity contribution is 7.80. The number of nitrogens with two attached hydrogens (primary N) is 1. The summed E-state index contributed by atoms with van der Waals surface area (Å²) in [6.45, 7) is 9.42. The number of likely N-dealkylation sites (tertiary alicyclic amines) is 1. The Morgan fingerprint density at radius 1 is 1.17 bits per heavy atom. The van der Waals surface area contributed by atoms with Gasteiger partial charge in [-0.3, -0.25) is 0 Å². The number of thiocarbonyl (C=S) groups is 1. The molecule has 104 valence electrons. The van der Waals surface area contributed by atoms with Crippen LogP contribution >= 0.6 is 12.2 Å². The van der Waals surface area contributed by atoms with E-state index in [1.807, 2.05) is 0 Å². The summed E-state index contributed by atoms with van der Waals surface area (Å²) in [4.78, 5) is 3.41. The van der Waals surface area contributed by atoms with Crippen LogP contribution in [0.15, 0.2) is 0 Å². The zero-order chi connectivity index (χ0) is 13.3. The van der Waals surface area contributed by atoms with Gasteiger partial charge in [-0.05, 0) is 57.0 Å². The van der Waals surface area contributed by atoms with Gasteiger partial charge in [0.05, 0.1) is 4.99 Å². The first-order chi connectivity index (χ1) is 8.42. The molecule has 1 aliphatic carbocycles. The van der Waals surface area contributed by atoms with Crippen LogP contribution in [0.5, 0.6) is 0 Å². The lowest BCUT2D eigenvalue weighted by molar-refractivity contribution is 0.0678. The second-order valence-corrected chi connectivity index (χ2v) is 7.32. The van der Waals surface area contributed by atoms with Crippen molar-refractivity contribution in [3.8, 4) is 0 Å². The molecule has 18 heavy (non-hydrogen) atoms. The molecule has 1 aliphatic heterocycles. The van der Waals surface area contributed by atoms with E-state index in [1.54, 1.807) is 0 Å². The average molecular weight is 268 g/mol. The monoisotopic (exact) mass is 268 g/mol. The zero-order valence-electron chi connectivity index (χ0n) is 12.1. The minimum Gasteiger partial charge on any atom is -0.393 e. The molecule has 1 saturated heterocycles. The van der Waals surface area contributed by atoms with Crippen molar-refractivity contribution in [1.29, 1.82) is 0 Å². The molecule has 1 heterocycles. The standard InChI is InChI=1S/C15H28N2S/c1-11-4-5-13(10-12(11)2)17-8-6-15(3,7-9-17)14(16)18/h11-13H,4-10H2,1-3H3,(H2,16,18). The topological polar surface area (TPSA) is 29.3 Å². The Hall–Kier alpha value is -0.150. The minimum absolute atomic E-state index is 0.111. The fraction of sp³-hybridized carbons (Fsp3) is 0.933. The van der Waals surface area contributed by atoms with E-state index in [1.165, 1.54) is 32.4 Å². The third-order valence-corrected chi connectivity index (χ3v) is 6.08. The van der Waals surface area contributed by atoms with Crippen molar-refractivity contribution in [2.75, 3.05) is 13.1 Å². The van der Waals surface area contributed by atoms with E-state index in [2.05, 4.69) is 25.7 Å². The zero-order valence-corrected chi connectivity index (χ0v) is 12.9. The van der Waals surface area contributed by atoms with Crippen molar-refractivity contribution in [2.24, 2.45) is 23.0 Å². The lowest BCUT2D eigenvalue weighted by Crippen LogP contribution is -2.49. The van der Waals surface area contributed by atoms with Gasteiger partial charge in [0.25, 0.3) is 0 Å². The van der Waals surface area contributed by atoms with Crippen LogP contribution in [0.1, 0.15) is 52.9 Å². The number of hydrogen-bond acceptors (Lipinski definition) is 2. The molecule has 2 nitrogen and oxygen atoms in total. The number of nitrogens with zero attached hydrogens (tertiary/aromatic N) is 1. The molecule has 2 fully saturated rings. The largest absolute Gasteiger partial charge is 0.393 e. The van der Waals surface area contributed by atoms with Gasteiger partial charge in [0.1, 0.15) is 0 Å². The molecule has 3 heteroatoms. The highest BCUT2D eigenvalue weighted by Crippen LogP contribution is 2.37. The smallest absolute Gasteiger partial charge is 0.0788 e. The van der Waals surface area contributed by atoms with Gasteiger partial charge in [-0.25, -0.2) is 0 Å². The number of piperidine rings is 1. The molecule has 0 spiro atoms. The lowest BCUT2D eigenvalue weighted by atomic mass is 9.76.